The Morgan fingerprint density at radius 3 is 2.17 bits per heavy atom. The van der Waals surface area contributed by atoms with Crippen molar-refractivity contribution in [3.63, 3.8) is 0 Å². The van der Waals surface area contributed by atoms with E-state index in [-0.39, 0.29) is 11.9 Å². The number of benzene rings is 3. The molecular weight excluding hydrogens is 364 g/mol. The molecule has 5 heteroatoms. The van der Waals surface area contributed by atoms with E-state index in [0.29, 0.717) is 23.6 Å². The van der Waals surface area contributed by atoms with Gasteiger partial charge in [-0.2, -0.15) is 0 Å². The molecule has 0 saturated carbocycles. The van der Waals surface area contributed by atoms with E-state index in [1.165, 1.54) is 5.56 Å². The number of nitrogens with one attached hydrogen (secondary N) is 2. The monoisotopic (exact) mass is 390 g/mol. The number of carbonyl (C=O) groups is 1. The second kappa shape index (κ2) is 10.2. The molecule has 0 aliphatic rings. The fourth-order valence-electron chi connectivity index (χ4n) is 3.15. The van der Waals surface area contributed by atoms with E-state index in [2.05, 4.69) is 22.8 Å². The predicted octanol–water partition coefficient (Wildman–Crippen LogP) is 4.68. The van der Waals surface area contributed by atoms with Crippen LogP contribution in [0.15, 0.2) is 78.9 Å². The number of rotatable bonds is 9. The van der Waals surface area contributed by atoms with Crippen molar-refractivity contribution in [1.82, 2.24) is 5.32 Å². The normalized spacial score (nSPS) is 11.4. The summed E-state index contributed by atoms with van der Waals surface area (Å²) in [5, 5.41) is 6.55. The average molecular weight is 390 g/mol. The zero-order chi connectivity index (χ0) is 20.5. The summed E-state index contributed by atoms with van der Waals surface area (Å²) < 4.78 is 10.5. The standard InChI is InChI=1S/C24H26N2O3/c1-28-22-14-13-19(17-23(22)29-2)24(27)25-16-15-21(18-9-5-3-6-10-18)26-20-11-7-4-8-12-20/h3-14,17,21,26H,15-16H2,1-2H3,(H,25,27). The first-order valence-corrected chi connectivity index (χ1v) is 9.58. The molecule has 150 valence electrons. The molecule has 2 N–H and O–H groups in total. The first-order chi connectivity index (χ1) is 14.2. The number of ether oxygens (including phenoxy) is 2. The Balaban J connectivity index is 1.64. The van der Waals surface area contributed by atoms with Crippen LogP contribution < -0.4 is 20.1 Å². The Kier molecular flexibility index (Phi) is 7.11. The lowest BCUT2D eigenvalue weighted by atomic mass is 10.0. The number of para-hydroxylation sites is 1. The molecule has 29 heavy (non-hydrogen) atoms. The Bertz CT molecular complexity index is 914. The summed E-state index contributed by atoms with van der Waals surface area (Å²) in [5.41, 5.74) is 2.76. The van der Waals surface area contributed by atoms with E-state index < -0.39 is 0 Å². The Morgan fingerprint density at radius 1 is 0.862 bits per heavy atom. The van der Waals surface area contributed by atoms with Crippen LogP contribution in [0.2, 0.25) is 0 Å². The summed E-state index contributed by atoms with van der Waals surface area (Å²) in [5.74, 6) is 0.991. The highest BCUT2D eigenvalue weighted by molar-refractivity contribution is 5.94. The summed E-state index contributed by atoms with van der Waals surface area (Å²) in [6.07, 6.45) is 0.748. The molecule has 3 rings (SSSR count). The van der Waals surface area contributed by atoms with Gasteiger partial charge in [0.25, 0.3) is 5.91 Å². The van der Waals surface area contributed by atoms with Crippen molar-refractivity contribution >= 4 is 11.6 Å². The van der Waals surface area contributed by atoms with E-state index >= 15 is 0 Å². The van der Waals surface area contributed by atoms with E-state index in [4.69, 9.17) is 9.47 Å². The second-order valence-corrected chi connectivity index (χ2v) is 6.59. The van der Waals surface area contributed by atoms with Crippen molar-refractivity contribution in [2.24, 2.45) is 0 Å². The van der Waals surface area contributed by atoms with Gasteiger partial charge in [0.15, 0.2) is 11.5 Å². The first kappa shape index (κ1) is 20.3. The summed E-state index contributed by atoms with van der Waals surface area (Å²) in [4.78, 5) is 12.6. The first-order valence-electron chi connectivity index (χ1n) is 9.58. The van der Waals surface area contributed by atoms with Gasteiger partial charge in [-0.15, -0.1) is 0 Å². The molecule has 0 aliphatic carbocycles. The van der Waals surface area contributed by atoms with Gasteiger partial charge in [-0.25, -0.2) is 0 Å². The van der Waals surface area contributed by atoms with Crippen LogP contribution in [0, 0.1) is 0 Å². The molecule has 3 aromatic rings. The summed E-state index contributed by atoms with van der Waals surface area (Å²) in [6, 6.07) is 25.6. The highest BCUT2D eigenvalue weighted by atomic mass is 16.5. The molecule has 0 aliphatic heterocycles. The summed E-state index contributed by atoms with van der Waals surface area (Å²) in [7, 11) is 3.13. The fourth-order valence-corrected chi connectivity index (χ4v) is 3.15. The Hall–Kier alpha value is -3.47. The molecule has 0 bridgehead atoms. The molecule has 0 heterocycles. The van der Waals surface area contributed by atoms with Gasteiger partial charge >= 0.3 is 0 Å². The van der Waals surface area contributed by atoms with Crippen LogP contribution in [0.3, 0.4) is 0 Å². The molecule has 0 spiro atoms. The maximum Gasteiger partial charge on any atom is 0.251 e. The molecule has 1 unspecified atom stereocenters. The fraction of sp³-hybridized carbons (Fsp3) is 0.208. The van der Waals surface area contributed by atoms with Gasteiger partial charge in [-0.3, -0.25) is 4.79 Å². The van der Waals surface area contributed by atoms with Gasteiger partial charge in [0, 0.05) is 17.8 Å². The Labute approximate surface area is 171 Å². The SMILES string of the molecule is COc1ccc(C(=O)NCCC(Nc2ccccc2)c2ccccc2)cc1OC. The van der Waals surface area contributed by atoms with Crippen molar-refractivity contribution in [3.8, 4) is 11.5 Å². The zero-order valence-corrected chi connectivity index (χ0v) is 16.7. The molecule has 0 saturated heterocycles. The van der Waals surface area contributed by atoms with Crippen LogP contribution in [-0.2, 0) is 0 Å². The quantitative estimate of drug-likeness (QED) is 0.557. The zero-order valence-electron chi connectivity index (χ0n) is 16.7. The lowest BCUT2D eigenvalue weighted by Crippen LogP contribution is -2.27. The van der Waals surface area contributed by atoms with Gasteiger partial charge in [-0.05, 0) is 42.3 Å². The van der Waals surface area contributed by atoms with Crippen molar-refractivity contribution in [2.75, 3.05) is 26.1 Å². The molecular formula is C24H26N2O3. The highest BCUT2D eigenvalue weighted by Gasteiger charge is 2.14. The van der Waals surface area contributed by atoms with Crippen LogP contribution in [0.25, 0.3) is 0 Å². The van der Waals surface area contributed by atoms with Gasteiger partial charge in [0.1, 0.15) is 0 Å². The van der Waals surface area contributed by atoms with Crippen molar-refractivity contribution in [1.29, 1.82) is 0 Å². The minimum atomic E-state index is -0.141. The van der Waals surface area contributed by atoms with E-state index in [1.54, 1.807) is 32.4 Å². The van der Waals surface area contributed by atoms with Crippen LogP contribution in [0.4, 0.5) is 5.69 Å². The minimum Gasteiger partial charge on any atom is -0.493 e. The predicted molar refractivity (Wildman–Crippen MR) is 116 cm³/mol. The lowest BCUT2D eigenvalue weighted by molar-refractivity contribution is 0.0952. The third kappa shape index (κ3) is 5.51. The van der Waals surface area contributed by atoms with Crippen LogP contribution in [-0.4, -0.2) is 26.7 Å². The largest absolute Gasteiger partial charge is 0.493 e. The van der Waals surface area contributed by atoms with Crippen LogP contribution in [0.1, 0.15) is 28.4 Å². The van der Waals surface area contributed by atoms with Crippen molar-refractivity contribution < 1.29 is 14.3 Å². The molecule has 0 radical (unpaired) electrons. The van der Waals surface area contributed by atoms with Gasteiger partial charge in [0.05, 0.1) is 20.3 Å². The minimum absolute atomic E-state index is 0.0873. The lowest BCUT2D eigenvalue weighted by Gasteiger charge is -2.21. The number of anilines is 1. The smallest absolute Gasteiger partial charge is 0.251 e. The summed E-state index contributed by atoms with van der Waals surface area (Å²) >= 11 is 0. The van der Waals surface area contributed by atoms with Crippen LogP contribution >= 0.6 is 0 Å². The number of carbonyl (C=O) groups excluding carboxylic acids is 1. The van der Waals surface area contributed by atoms with E-state index in [1.807, 2.05) is 48.5 Å². The molecule has 3 aromatic carbocycles. The molecule has 5 nitrogen and oxygen atoms in total. The number of hydrogen-bond donors (Lipinski definition) is 2. The molecule has 1 amide bonds. The Morgan fingerprint density at radius 2 is 1.52 bits per heavy atom. The van der Waals surface area contributed by atoms with E-state index in [9.17, 15) is 4.79 Å². The number of methoxy groups -OCH3 is 2. The van der Waals surface area contributed by atoms with Gasteiger partial charge in [0.2, 0.25) is 0 Å². The number of amides is 1. The van der Waals surface area contributed by atoms with Crippen molar-refractivity contribution in [2.45, 2.75) is 12.5 Å². The van der Waals surface area contributed by atoms with Crippen LogP contribution in [0.5, 0.6) is 11.5 Å². The number of hydrogen-bond acceptors (Lipinski definition) is 4. The average Bonchev–Trinajstić information content (AvgIpc) is 2.79. The highest BCUT2D eigenvalue weighted by Crippen LogP contribution is 2.27. The van der Waals surface area contributed by atoms with E-state index in [0.717, 1.165) is 12.1 Å². The van der Waals surface area contributed by atoms with Gasteiger partial charge in [-0.1, -0.05) is 48.5 Å². The maximum absolute atomic E-state index is 12.6. The second-order valence-electron chi connectivity index (χ2n) is 6.59. The van der Waals surface area contributed by atoms with Gasteiger partial charge < -0.3 is 20.1 Å². The summed E-state index contributed by atoms with van der Waals surface area (Å²) in [6.45, 7) is 0.534. The molecule has 1 atom stereocenters. The molecule has 0 fully saturated rings. The third-order valence-electron chi connectivity index (χ3n) is 4.68. The third-order valence-corrected chi connectivity index (χ3v) is 4.68. The maximum atomic E-state index is 12.6. The topological polar surface area (TPSA) is 59.6 Å². The molecule has 0 aromatic heterocycles. The van der Waals surface area contributed by atoms with Crippen molar-refractivity contribution in [3.05, 3.63) is 90.0 Å².